The Labute approximate surface area is 182 Å². The summed E-state index contributed by atoms with van der Waals surface area (Å²) in [5.74, 6) is 1.37. The third-order valence-electron chi connectivity index (χ3n) is 5.17. The Morgan fingerprint density at radius 3 is 2.50 bits per heavy atom. The smallest absolute Gasteiger partial charge is 0.338 e. The maximum Gasteiger partial charge on any atom is 0.338 e. The van der Waals surface area contributed by atoms with Crippen molar-refractivity contribution in [3.8, 4) is 0 Å². The first-order valence-electron chi connectivity index (χ1n) is 10.1. The van der Waals surface area contributed by atoms with Crippen LogP contribution in [0.2, 0.25) is 0 Å². The van der Waals surface area contributed by atoms with Gasteiger partial charge < -0.3 is 15.4 Å². The Kier molecular flexibility index (Phi) is 7.21. The number of nitrogens with one attached hydrogen (secondary N) is 2. The van der Waals surface area contributed by atoms with E-state index in [4.69, 9.17) is 4.74 Å². The van der Waals surface area contributed by atoms with Crippen LogP contribution in [0.5, 0.6) is 0 Å². The van der Waals surface area contributed by atoms with E-state index in [0.29, 0.717) is 11.3 Å². The van der Waals surface area contributed by atoms with Crippen LogP contribution in [0, 0.1) is 13.8 Å². The van der Waals surface area contributed by atoms with Crippen LogP contribution in [-0.4, -0.2) is 18.6 Å². The van der Waals surface area contributed by atoms with Gasteiger partial charge in [0, 0.05) is 17.2 Å². The van der Waals surface area contributed by atoms with Gasteiger partial charge in [0.25, 0.3) is 0 Å². The van der Waals surface area contributed by atoms with Crippen LogP contribution in [-0.2, 0) is 21.0 Å². The maximum atomic E-state index is 12.6. The van der Waals surface area contributed by atoms with E-state index in [9.17, 15) is 9.59 Å². The van der Waals surface area contributed by atoms with E-state index in [1.807, 2.05) is 24.8 Å². The number of aryl methyl sites for hydroxylation is 2. The molecule has 1 atom stereocenters. The summed E-state index contributed by atoms with van der Waals surface area (Å²) in [6, 6.07) is 13.8. The highest BCUT2D eigenvalue weighted by molar-refractivity contribution is 7.97. The molecule has 6 heteroatoms. The number of hydrogen-bond acceptors (Lipinski definition) is 4. The minimum Gasteiger partial charge on any atom is -0.463 e. The first-order chi connectivity index (χ1) is 14.4. The number of benzene rings is 2. The molecule has 0 saturated heterocycles. The average molecular weight is 425 g/mol. The zero-order chi connectivity index (χ0) is 21.7. The molecule has 0 bridgehead atoms. The molecule has 1 aliphatic rings. The van der Waals surface area contributed by atoms with Gasteiger partial charge in [-0.15, -0.1) is 0 Å². The quantitative estimate of drug-likeness (QED) is 0.619. The van der Waals surface area contributed by atoms with Crippen LogP contribution in [0.1, 0.15) is 47.7 Å². The number of rotatable bonds is 7. The molecule has 3 rings (SSSR count). The molecule has 0 saturated carbocycles. The van der Waals surface area contributed by atoms with Gasteiger partial charge in [-0.2, -0.15) is 11.8 Å². The summed E-state index contributed by atoms with van der Waals surface area (Å²) in [4.78, 5) is 24.8. The van der Waals surface area contributed by atoms with Crippen molar-refractivity contribution in [2.24, 2.45) is 0 Å². The van der Waals surface area contributed by atoms with Gasteiger partial charge in [0.05, 0.1) is 18.2 Å². The number of thioether (sulfide) groups is 1. The van der Waals surface area contributed by atoms with Crippen molar-refractivity contribution in [1.29, 1.82) is 0 Å². The fourth-order valence-corrected chi connectivity index (χ4v) is 4.70. The fraction of sp³-hybridized carbons (Fsp3) is 0.333. The standard InChI is InChI=1S/C24H28N2O3S/c1-5-29-23(27)21-17(4)25-24(28)26-22(21)20-12-19(15(2)11-16(20)3)14-30-13-18-9-7-6-8-10-18/h6-12,22H,5,13-14H2,1-4H3,(H2,25,26,28). The number of carbonyl (C=O) groups is 2. The van der Waals surface area contributed by atoms with Gasteiger partial charge in [-0.25, -0.2) is 9.59 Å². The van der Waals surface area contributed by atoms with E-state index in [-0.39, 0.29) is 12.6 Å². The average Bonchev–Trinajstić information content (AvgIpc) is 2.70. The lowest BCUT2D eigenvalue weighted by atomic mass is 9.90. The van der Waals surface area contributed by atoms with Crippen LogP contribution in [0.4, 0.5) is 4.79 Å². The van der Waals surface area contributed by atoms with Crippen LogP contribution in [0.3, 0.4) is 0 Å². The molecule has 2 amide bonds. The number of allylic oxidation sites excluding steroid dienone is 1. The van der Waals surface area contributed by atoms with Crippen molar-refractivity contribution >= 4 is 23.8 Å². The van der Waals surface area contributed by atoms with Crippen LogP contribution in [0.15, 0.2) is 53.7 Å². The van der Waals surface area contributed by atoms with Crippen molar-refractivity contribution in [1.82, 2.24) is 10.6 Å². The molecule has 5 nitrogen and oxygen atoms in total. The lowest BCUT2D eigenvalue weighted by molar-refractivity contribution is -0.139. The number of amides is 2. The largest absolute Gasteiger partial charge is 0.463 e. The van der Waals surface area contributed by atoms with Crippen molar-refractivity contribution < 1.29 is 14.3 Å². The first-order valence-corrected chi connectivity index (χ1v) is 11.2. The maximum absolute atomic E-state index is 12.6. The molecule has 0 aromatic heterocycles. The highest BCUT2D eigenvalue weighted by Crippen LogP contribution is 2.32. The Morgan fingerprint density at radius 1 is 1.07 bits per heavy atom. The number of carbonyl (C=O) groups excluding carboxylic acids is 2. The molecule has 2 N–H and O–H groups in total. The summed E-state index contributed by atoms with van der Waals surface area (Å²) in [6.45, 7) is 7.90. The molecular weight excluding hydrogens is 396 g/mol. The van der Waals surface area contributed by atoms with E-state index in [1.54, 1.807) is 13.8 Å². The van der Waals surface area contributed by atoms with E-state index in [2.05, 4.69) is 54.0 Å². The minimum atomic E-state index is -0.531. The lowest BCUT2D eigenvalue weighted by Crippen LogP contribution is -2.45. The number of ether oxygens (including phenoxy) is 1. The Morgan fingerprint density at radius 2 is 1.80 bits per heavy atom. The van der Waals surface area contributed by atoms with E-state index in [1.165, 1.54) is 16.7 Å². The monoisotopic (exact) mass is 424 g/mol. The summed E-state index contributed by atoms with van der Waals surface area (Å²) in [7, 11) is 0. The molecule has 2 aromatic carbocycles. The van der Waals surface area contributed by atoms with Gasteiger partial charge in [0.2, 0.25) is 0 Å². The molecule has 0 spiro atoms. The second-order valence-corrected chi connectivity index (χ2v) is 8.39. The number of urea groups is 1. The van der Waals surface area contributed by atoms with Crippen molar-refractivity contribution in [2.45, 2.75) is 45.2 Å². The van der Waals surface area contributed by atoms with Gasteiger partial charge in [-0.1, -0.05) is 42.5 Å². The molecule has 0 fully saturated rings. The van der Waals surface area contributed by atoms with Gasteiger partial charge in [-0.3, -0.25) is 0 Å². The lowest BCUT2D eigenvalue weighted by Gasteiger charge is -2.29. The van der Waals surface area contributed by atoms with Gasteiger partial charge in [-0.05, 0) is 55.5 Å². The molecule has 1 unspecified atom stereocenters. The van der Waals surface area contributed by atoms with Crippen LogP contribution >= 0.6 is 11.8 Å². The molecular formula is C24H28N2O3S. The third-order valence-corrected chi connectivity index (χ3v) is 6.22. The molecule has 1 aliphatic heterocycles. The van der Waals surface area contributed by atoms with Crippen molar-refractivity contribution in [2.75, 3.05) is 6.61 Å². The predicted molar refractivity (Wildman–Crippen MR) is 121 cm³/mol. The van der Waals surface area contributed by atoms with E-state index < -0.39 is 12.0 Å². The van der Waals surface area contributed by atoms with Crippen LogP contribution < -0.4 is 10.6 Å². The SMILES string of the molecule is CCOC(=O)C1=C(C)NC(=O)NC1c1cc(CSCc2ccccc2)c(C)cc1C. The summed E-state index contributed by atoms with van der Waals surface area (Å²) in [6.07, 6.45) is 0. The predicted octanol–water partition coefficient (Wildman–Crippen LogP) is 4.93. The summed E-state index contributed by atoms with van der Waals surface area (Å²) in [5.41, 5.74) is 6.63. The molecule has 30 heavy (non-hydrogen) atoms. The summed E-state index contributed by atoms with van der Waals surface area (Å²) >= 11 is 1.85. The zero-order valence-electron chi connectivity index (χ0n) is 17.9. The normalized spacial score (nSPS) is 16.1. The van der Waals surface area contributed by atoms with Crippen molar-refractivity contribution in [3.05, 3.63) is 81.6 Å². The van der Waals surface area contributed by atoms with Gasteiger partial charge >= 0.3 is 12.0 Å². The zero-order valence-corrected chi connectivity index (χ0v) is 18.7. The molecule has 158 valence electrons. The third kappa shape index (κ3) is 5.05. The summed E-state index contributed by atoms with van der Waals surface area (Å²) < 4.78 is 5.25. The fourth-order valence-electron chi connectivity index (χ4n) is 3.64. The number of hydrogen-bond donors (Lipinski definition) is 2. The molecule has 1 heterocycles. The molecule has 0 aliphatic carbocycles. The Hall–Kier alpha value is -2.73. The summed E-state index contributed by atoms with van der Waals surface area (Å²) in [5, 5.41) is 5.60. The second-order valence-electron chi connectivity index (χ2n) is 7.40. The van der Waals surface area contributed by atoms with Crippen molar-refractivity contribution in [3.63, 3.8) is 0 Å². The highest BCUT2D eigenvalue weighted by atomic mass is 32.2. The Balaban J connectivity index is 1.88. The van der Waals surface area contributed by atoms with Crippen LogP contribution in [0.25, 0.3) is 0 Å². The Bertz CT molecular complexity index is 970. The first kappa shape index (κ1) is 22.0. The van der Waals surface area contributed by atoms with Gasteiger partial charge in [0.1, 0.15) is 0 Å². The highest BCUT2D eigenvalue weighted by Gasteiger charge is 2.33. The molecule has 0 radical (unpaired) electrons. The second kappa shape index (κ2) is 9.85. The molecule has 2 aromatic rings. The van der Waals surface area contributed by atoms with E-state index >= 15 is 0 Å². The number of esters is 1. The van der Waals surface area contributed by atoms with Gasteiger partial charge in [0.15, 0.2) is 0 Å². The minimum absolute atomic E-state index is 0.282. The topological polar surface area (TPSA) is 67.4 Å². The van der Waals surface area contributed by atoms with E-state index in [0.717, 1.165) is 22.6 Å².